The highest BCUT2D eigenvalue weighted by Gasteiger charge is 2.16. The number of anilines is 1. The predicted octanol–water partition coefficient (Wildman–Crippen LogP) is 2.44. The second kappa shape index (κ2) is 9.13. The van der Waals surface area contributed by atoms with Gasteiger partial charge in [-0.1, -0.05) is 17.7 Å². The highest BCUT2D eigenvalue weighted by molar-refractivity contribution is 6.30. The first-order chi connectivity index (χ1) is 13.9. The average molecular weight is 418 g/mol. The molecule has 0 aliphatic rings. The van der Waals surface area contributed by atoms with Gasteiger partial charge in [-0.25, -0.2) is 14.4 Å². The molecular formula is C20H21ClFN5O2. The summed E-state index contributed by atoms with van der Waals surface area (Å²) in [7, 11) is 0. The molecule has 0 saturated heterocycles. The molecule has 3 aromatic rings. The van der Waals surface area contributed by atoms with Crippen LogP contribution in [0.4, 0.5) is 10.3 Å². The van der Waals surface area contributed by atoms with Gasteiger partial charge in [-0.2, -0.15) is 0 Å². The standard InChI is InChI=1S/C20H21ClFN5O2/c1-12(10-23)25-20-24-6-4-17(26-20)13-5-7-27(19(29)9-13)18(11-28)14-2-3-15(21)16(22)8-14/h2-9,12,18,28H,10-11,23H2,1H3,(H,24,25,26). The van der Waals surface area contributed by atoms with Crippen LogP contribution >= 0.6 is 11.6 Å². The van der Waals surface area contributed by atoms with Crippen LogP contribution in [0.5, 0.6) is 0 Å². The van der Waals surface area contributed by atoms with Crippen molar-refractivity contribution < 1.29 is 9.50 Å². The minimum Gasteiger partial charge on any atom is -0.394 e. The number of aliphatic hydroxyl groups excluding tert-OH is 1. The van der Waals surface area contributed by atoms with Crippen LogP contribution in [0.3, 0.4) is 0 Å². The zero-order valence-electron chi connectivity index (χ0n) is 15.7. The van der Waals surface area contributed by atoms with Crippen molar-refractivity contribution in [2.75, 3.05) is 18.5 Å². The Hall–Kier alpha value is -2.81. The fourth-order valence-electron chi connectivity index (χ4n) is 2.85. The van der Waals surface area contributed by atoms with Gasteiger partial charge in [0.15, 0.2) is 0 Å². The molecule has 0 aliphatic heterocycles. The second-order valence-corrected chi connectivity index (χ2v) is 6.99. The van der Waals surface area contributed by atoms with Crippen molar-refractivity contribution >= 4 is 17.5 Å². The molecule has 4 N–H and O–H groups in total. The number of hydrogen-bond acceptors (Lipinski definition) is 6. The molecule has 0 bridgehead atoms. The van der Waals surface area contributed by atoms with Crippen LogP contribution in [0, 0.1) is 5.82 Å². The molecular weight excluding hydrogens is 397 g/mol. The van der Waals surface area contributed by atoms with Crippen molar-refractivity contribution in [2.24, 2.45) is 5.73 Å². The van der Waals surface area contributed by atoms with Crippen LogP contribution in [0.1, 0.15) is 18.5 Å². The van der Waals surface area contributed by atoms with Gasteiger partial charge in [0.2, 0.25) is 5.95 Å². The molecule has 3 rings (SSSR count). The number of hydrogen-bond donors (Lipinski definition) is 3. The van der Waals surface area contributed by atoms with Gasteiger partial charge in [-0.3, -0.25) is 4.79 Å². The first kappa shape index (κ1) is 20.9. The van der Waals surface area contributed by atoms with E-state index in [0.29, 0.717) is 29.3 Å². The van der Waals surface area contributed by atoms with Gasteiger partial charge < -0.3 is 20.7 Å². The summed E-state index contributed by atoms with van der Waals surface area (Å²) in [4.78, 5) is 21.3. The topological polar surface area (TPSA) is 106 Å². The van der Waals surface area contributed by atoms with Crippen molar-refractivity contribution in [1.29, 1.82) is 0 Å². The third kappa shape index (κ3) is 4.79. The monoisotopic (exact) mass is 417 g/mol. The summed E-state index contributed by atoms with van der Waals surface area (Å²) < 4.78 is 15.1. The molecule has 29 heavy (non-hydrogen) atoms. The molecule has 2 atom stereocenters. The van der Waals surface area contributed by atoms with Gasteiger partial charge >= 0.3 is 0 Å². The molecule has 1 aromatic carbocycles. The Morgan fingerprint density at radius 2 is 2.10 bits per heavy atom. The molecule has 0 saturated carbocycles. The van der Waals surface area contributed by atoms with E-state index in [0.717, 1.165) is 0 Å². The lowest BCUT2D eigenvalue weighted by molar-refractivity contribution is 0.247. The van der Waals surface area contributed by atoms with Crippen LogP contribution < -0.4 is 16.6 Å². The van der Waals surface area contributed by atoms with Gasteiger partial charge in [0.05, 0.1) is 23.4 Å². The molecule has 0 amide bonds. The quantitative estimate of drug-likeness (QED) is 0.545. The van der Waals surface area contributed by atoms with E-state index in [-0.39, 0.29) is 23.2 Å². The minimum atomic E-state index is -0.739. The van der Waals surface area contributed by atoms with Crippen LogP contribution in [-0.4, -0.2) is 38.8 Å². The second-order valence-electron chi connectivity index (χ2n) is 6.58. The molecule has 2 aromatic heterocycles. The van der Waals surface area contributed by atoms with Crippen molar-refractivity contribution in [3.63, 3.8) is 0 Å². The van der Waals surface area contributed by atoms with E-state index >= 15 is 0 Å². The number of benzene rings is 1. The lowest BCUT2D eigenvalue weighted by atomic mass is 10.1. The van der Waals surface area contributed by atoms with E-state index in [2.05, 4.69) is 15.3 Å². The number of halogens is 2. The first-order valence-electron chi connectivity index (χ1n) is 9.01. The fraction of sp³-hybridized carbons (Fsp3) is 0.250. The van der Waals surface area contributed by atoms with Crippen LogP contribution in [-0.2, 0) is 0 Å². The number of nitrogens with two attached hydrogens (primary N) is 1. The van der Waals surface area contributed by atoms with Crippen LogP contribution in [0.25, 0.3) is 11.3 Å². The molecule has 0 aliphatic carbocycles. The van der Waals surface area contributed by atoms with E-state index in [1.807, 2.05) is 6.92 Å². The van der Waals surface area contributed by atoms with Crippen molar-refractivity contribution in [2.45, 2.75) is 19.0 Å². The summed E-state index contributed by atoms with van der Waals surface area (Å²) in [6.45, 7) is 1.96. The molecule has 2 heterocycles. The molecule has 152 valence electrons. The van der Waals surface area contributed by atoms with Crippen molar-refractivity contribution in [1.82, 2.24) is 14.5 Å². The molecule has 9 heteroatoms. The summed E-state index contributed by atoms with van der Waals surface area (Å²) in [6, 6.07) is 8.25. The molecule has 0 fully saturated rings. The van der Waals surface area contributed by atoms with E-state index in [1.54, 1.807) is 30.6 Å². The summed E-state index contributed by atoms with van der Waals surface area (Å²) >= 11 is 5.72. The normalized spacial score (nSPS) is 13.1. The zero-order chi connectivity index (χ0) is 21.0. The van der Waals surface area contributed by atoms with Gasteiger partial charge in [0.25, 0.3) is 5.56 Å². The highest BCUT2D eigenvalue weighted by atomic mass is 35.5. The number of pyridine rings is 1. The Bertz CT molecular complexity index is 1060. The number of aromatic nitrogens is 3. The Balaban J connectivity index is 1.93. The first-order valence-corrected chi connectivity index (χ1v) is 9.38. The van der Waals surface area contributed by atoms with Gasteiger partial charge in [-0.05, 0) is 36.8 Å². The number of rotatable bonds is 7. The molecule has 0 spiro atoms. The number of aliphatic hydroxyl groups is 1. The van der Waals surface area contributed by atoms with Gasteiger partial charge in [0.1, 0.15) is 5.82 Å². The fourth-order valence-corrected chi connectivity index (χ4v) is 2.97. The number of nitrogens with zero attached hydrogens (tertiary/aromatic N) is 3. The van der Waals surface area contributed by atoms with E-state index in [4.69, 9.17) is 17.3 Å². The number of nitrogens with one attached hydrogen (secondary N) is 1. The highest BCUT2D eigenvalue weighted by Crippen LogP contribution is 2.23. The summed E-state index contributed by atoms with van der Waals surface area (Å²) in [5, 5.41) is 12.8. The van der Waals surface area contributed by atoms with Crippen LogP contribution in [0.15, 0.2) is 53.6 Å². The minimum absolute atomic E-state index is 0.00309. The Labute approximate surface area is 172 Å². The lowest BCUT2D eigenvalue weighted by Crippen LogP contribution is -2.27. The third-order valence-corrected chi connectivity index (χ3v) is 4.77. The maximum absolute atomic E-state index is 13.8. The summed E-state index contributed by atoms with van der Waals surface area (Å²) in [5.41, 5.74) is 6.83. The SMILES string of the molecule is CC(CN)Nc1nccc(-c2ccn(C(CO)c3ccc(Cl)c(F)c3)c(=O)c2)n1. The predicted molar refractivity (Wildman–Crippen MR) is 111 cm³/mol. The zero-order valence-corrected chi connectivity index (χ0v) is 16.5. The smallest absolute Gasteiger partial charge is 0.251 e. The van der Waals surface area contributed by atoms with Crippen molar-refractivity contribution in [3.8, 4) is 11.3 Å². The Morgan fingerprint density at radius 3 is 2.76 bits per heavy atom. The van der Waals surface area contributed by atoms with E-state index < -0.39 is 11.9 Å². The summed E-state index contributed by atoms with van der Waals surface area (Å²) in [6.07, 6.45) is 3.13. The molecule has 7 nitrogen and oxygen atoms in total. The van der Waals surface area contributed by atoms with E-state index in [1.165, 1.54) is 22.8 Å². The maximum Gasteiger partial charge on any atom is 0.251 e. The van der Waals surface area contributed by atoms with Crippen LogP contribution in [0.2, 0.25) is 5.02 Å². The third-order valence-electron chi connectivity index (χ3n) is 4.47. The van der Waals surface area contributed by atoms with Gasteiger partial charge in [0, 0.05) is 36.6 Å². The molecule has 2 unspecified atom stereocenters. The Morgan fingerprint density at radius 1 is 1.31 bits per heavy atom. The van der Waals surface area contributed by atoms with E-state index in [9.17, 15) is 14.3 Å². The van der Waals surface area contributed by atoms with Crippen molar-refractivity contribution in [3.05, 3.63) is 75.5 Å². The average Bonchev–Trinajstić information content (AvgIpc) is 2.72. The Kier molecular flexibility index (Phi) is 6.58. The largest absolute Gasteiger partial charge is 0.394 e. The summed E-state index contributed by atoms with van der Waals surface area (Å²) in [5.74, 6) is -0.200. The lowest BCUT2D eigenvalue weighted by Gasteiger charge is -2.19. The maximum atomic E-state index is 13.8. The molecule has 0 radical (unpaired) electrons. The van der Waals surface area contributed by atoms with Gasteiger partial charge in [-0.15, -0.1) is 0 Å².